The van der Waals surface area contributed by atoms with Crippen molar-refractivity contribution in [2.24, 2.45) is 5.73 Å². The van der Waals surface area contributed by atoms with Gasteiger partial charge in [-0.15, -0.1) is 0 Å². The molecule has 0 saturated carbocycles. The number of methoxy groups -OCH3 is 1. The van der Waals surface area contributed by atoms with Gasteiger partial charge in [0, 0.05) is 0 Å². The van der Waals surface area contributed by atoms with E-state index in [2.05, 4.69) is 0 Å². The second-order valence-electron chi connectivity index (χ2n) is 3.24. The normalized spacial score (nSPS) is 12.1. The number of nitrogens with two attached hydrogens (primary N) is 1. The third-order valence-corrected chi connectivity index (χ3v) is 2.25. The second kappa shape index (κ2) is 5.36. The molecule has 0 fully saturated rings. The summed E-state index contributed by atoms with van der Waals surface area (Å²) in [7, 11) is 1.55. The topological polar surface area (TPSA) is 72.5 Å². The molecule has 3 N–H and O–H groups in total. The minimum absolute atomic E-state index is 0.355. The van der Waals surface area contributed by atoms with Crippen LogP contribution in [0.15, 0.2) is 24.3 Å². The molecule has 0 spiro atoms. The minimum atomic E-state index is -0.853. The Morgan fingerprint density at radius 3 is 2.87 bits per heavy atom. The first-order valence-corrected chi connectivity index (χ1v) is 4.76. The molecule has 1 aromatic carbocycles. The summed E-state index contributed by atoms with van der Waals surface area (Å²) in [4.78, 5) is 11.0. The summed E-state index contributed by atoms with van der Waals surface area (Å²) < 4.78 is 5.04. The van der Waals surface area contributed by atoms with Gasteiger partial charge in [-0.05, 0) is 30.7 Å². The fourth-order valence-corrected chi connectivity index (χ4v) is 1.46. The molecule has 0 heterocycles. The Labute approximate surface area is 88.7 Å². The maximum atomic E-state index is 11.0. The quantitative estimate of drug-likeness (QED) is 0.764. The molecule has 0 aliphatic heterocycles. The number of ether oxygens (including phenoxy) is 1. The first-order valence-electron chi connectivity index (χ1n) is 4.76. The molecular formula is C11H15NO3. The number of carbonyl (C=O) groups is 1. The van der Waals surface area contributed by atoms with Crippen LogP contribution in [0.25, 0.3) is 0 Å². The van der Waals surface area contributed by atoms with Gasteiger partial charge in [0.1, 0.15) is 5.75 Å². The van der Waals surface area contributed by atoms with Crippen molar-refractivity contribution in [3.63, 3.8) is 0 Å². The number of aliphatic carboxylic acids is 1. The zero-order valence-electron chi connectivity index (χ0n) is 8.64. The molecule has 1 atom stereocenters. The van der Waals surface area contributed by atoms with Gasteiger partial charge in [0.2, 0.25) is 0 Å². The van der Waals surface area contributed by atoms with Crippen LogP contribution < -0.4 is 10.5 Å². The number of rotatable bonds is 5. The molecule has 4 nitrogen and oxygen atoms in total. The van der Waals surface area contributed by atoms with Crippen molar-refractivity contribution in [2.45, 2.75) is 12.3 Å². The van der Waals surface area contributed by atoms with Gasteiger partial charge >= 0.3 is 5.97 Å². The second-order valence-corrected chi connectivity index (χ2v) is 3.24. The van der Waals surface area contributed by atoms with Gasteiger partial charge in [0.25, 0.3) is 0 Å². The van der Waals surface area contributed by atoms with Crippen molar-refractivity contribution in [2.75, 3.05) is 13.7 Å². The lowest BCUT2D eigenvalue weighted by molar-refractivity contribution is -0.138. The summed E-state index contributed by atoms with van der Waals surface area (Å²) in [5.74, 6) is -0.741. The fourth-order valence-electron chi connectivity index (χ4n) is 1.46. The Bertz CT molecular complexity index is 338. The fraction of sp³-hybridized carbons (Fsp3) is 0.364. The van der Waals surface area contributed by atoms with Crippen LogP contribution in [0.5, 0.6) is 5.75 Å². The van der Waals surface area contributed by atoms with E-state index >= 15 is 0 Å². The SMILES string of the molecule is COc1cccc(C(CCN)C(=O)O)c1. The summed E-state index contributed by atoms with van der Waals surface area (Å²) in [6, 6.07) is 7.07. The number of hydrogen-bond donors (Lipinski definition) is 2. The van der Waals surface area contributed by atoms with E-state index in [4.69, 9.17) is 15.6 Å². The van der Waals surface area contributed by atoms with Crippen LogP contribution in [0, 0.1) is 0 Å². The third-order valence-electron chi connectivity index (χ3n) is 2.25. The van der Waals surface area contributed by atoms with Crippen molar-refractivity contribution >= 4 is 5.97 Å². The van der Waals surface area contributed by atoms with Gasteiger partial charge in [-0.25, -0.2) is 0 Å². The summed E-state index contributed by atoms with van der Waals surface area (Å²) >= 11 is 0. The summed E-state index contributed by atoms with van der Waals surface area (Å²) in [5.41, 5.74) is 6.11. The first-order chi connectivity index (χ1) is 7.19. The van der Waals surface area contributed by atoms with E-state index in [1.807, 2.05) is 0 Å². The van der Waals surface area contributed by atoms with E-state index in [9.17, 15) is 4.79 Å². The average Bonchev–Trinajstić information content (AvgIpc) is 2.25. The number of benzene rings is 1. The van der Waals surface area contributed by atoms with E-state index in [0.29, 0.717) is 18.7 Å². The van der Waals surface area contributed by atoms with Gasteiger partial charge in [0.05, 0.1) is 13.0 Å². The van der Waals surface area contributed by atoms with Gasteiger partial charge in [-0.3, -0.25) is 4.79 Å². The summed E-state index contributed by atoms with van der Waals surface area (Å²) in [6.07, 6.45) is 0.433. The van der Waals surface area contributed by atoms with Crippen LogP contribution in [-0.4, -0.2) is 24.7 Å². The molecule has 1 rings (SSSR count). The Balaban J connectivity index is 2.94. The van der Waals surface area contributed by atoms with Crippen LogP contribution in [0.1, 0.15) is 17.9 Å². The van der Waals surface area contributed by atoms with Crippen LogP contribution in [0.3, 0.4) is 0 Å². The van der Waals surface area contributed by atoms with Gasteiger partial charge in [-0.2, -0.15) is 0 Å². The lowest BCUT2D eigenvalue weighted by Crippen LogP contribution is -2.16. The van der Waals surface area contributed by atoms with Crippen LogP contribution in [0.2, 0.25) is 0 Å². The highest BCUT2D eigenvalue weighted by Crippen LogP contribution is 2.23. The van der Waals surface area contributed by atoms with Gasteiger partial charge in [0.15, 0.2) is 0 Å². The lowest BCUT2D eigenvalue weighted by Gasteiger charge is -2.12. The highest BCUT2D eigenvalue weighted by Gasteiger charge is 2.18. The van der Waals surface area contributed by atoms with Crippen LogP contribution >= 0.6 is 0 Å². The summed E-state index contributed by atoms with van der Waals surface area (Å²) in [5, 5.41) is 9.03. The zero-order chi connectivity index (χ0) is 11.3. The minimum Gasteiger partial charge on any atom is -0.497 e. The lowest BCUT2D eigenvalue weighted by atomic mass is 9.96. The largest absolute Gasteiger partial charge is 0.497 e. The molecule has 0 aromatic heterocycles. The van der Waals surface area contributed by atoms with Crippen molar-refractivity contribution in [1.29, 1.82) is 0 Å². The maximum absolute atomic E-state index is 11.0. The highest BCUT2D eigenvalue weighted by atomic mass is 16.5. The van der Waals surface area contributed by atoms with Crippen molar-refractivity contribution in [3.05, 3.63) is 29.8 Å². The van der Waals surface area contributed by atoms with E-state index in [0.717, 1.165) is 5.56 Å². The molecule has 0 bridgehead atoms. The molecule has 0 aliphatic rings. The van der Waals surface area contributed by atoms with Crippen molar-refractivity contribution < 1.29 is 14.6 Å². The van der Waals surface area contributed by atoms with Crippen molar-refractivity contribution in [3.8, 4) is 5.75 Å². The molecule has 82 valence electrons. The number of carboxylic acid groups (broad SMARTS) is 1. The van der Waals surface area contributed by atoms with E-state index in [-0.39, 0.29) is 0 Å². The molecule has 1 aromatic rings. The Morgan fingerprint density at radius 1 is 1.60 bits per heavy atom. The Hall–Kier alpha value is -1.55. The molecule has 0 amide bonds. The smallest absolute Gasteiger partial charge is 0.311 e. The van der Waals surface area contributed by atoms with Gasteiger partial charge in [-0.1, -0.05) is 12.1 Å². The Kier molecular flexibility index (Phi) is 4.12. The van der Waals surface area contributed by atoms with E-state index < -0.39 is 11.9 Å². The summed E-state index contributed by atoms with van der Waals surface area (Å²) in [6.45, 7) is 0.355. The number of carboxylic acids is 1. The first kappa shape index (κ1) is 11.5. The highest BCUT2D eigenvalue weighted by molar-refractivity contribution is 5.76. The van der Waals surface area contributed by atoms with E-state index in [1.54, 1.807) is 31.4 Å². The molecule has 15 heavy (non-hydrogen) atoms. The molecule has 1 unspecified atom stereocenters. The predicted octanol–water partition coefficient (Wildman–Crippen LogP) is 1.21. The van der Waals surface area contributed by atoms with Gasteiger partial charge < -0.3 is 15.6 Å². The molecule has 0 saturated heterocycles. The van der Waals surface area contributed by atoms with Crippen LogP contribution in [-0.2, 0) is 4.79 Å². The molecular weight excluding hydrogens is 194 g/mol. The Morgan fingerprint density at radius 2 is 2.33 bits per heavy atom. The average molecular weight is 209 g/mol. The molecule has 0 aliphatic carbocycles. The maximum Gasteiger partial charge on any atom is 0.311 e. The molecule has 0 radical (unpaired) electrons. The van der Waals surface area contributed by atoms with Crippen LogP contribution in [0.4, 0.5) is 0 Å². The molecule has 4 heteroatoms. The predicted molar refractivity (Wildman–Crippen MR) is 57.0 cm³/mol. The van der Waals surface area contributed by atoms with E-state index in [1.165, 1.54) is 0 Å². The monoisotopic (exact) mass is 209 g/mol. The zero-order valence-corrected chi connectivity index (χ0v) is 8.64. The number of hydrogen-bond acceptors (Lipinski definition) is 3. The van der Waals surface area contributed by atoms with Crippen molar-refractivity contribution in [1.82, 2.24) is 0 Å². The third kappa shape index (κ3) is 2.95. The standard InChI is InChI=1S/C11H15NO3/c1-15-9-4-2-3-8(7-9)10(5-6-12)11(13)14/h2-4,7,10H,5-6,12H2,1H3,(H,13,14).